The maximum Gasteiger partial charge on any atom is 0.220 e. The number of carbonyl (C=O) groups excluding carboxylic acids is 1. The van der Waals surface area contributed by atoms with Crippen molar-refractivity contribution in [1.82, 2.24) is 15.1 Å². The second-order valence-electron chi connectivity index (χ2n) is 21.6. The van der Waals surface area contributed by atoms with Gasteiger partial charge in [0.15, 0.2) is 0 Å². The Hall–Kier alpha value is -2.50. The minimum absolute atomic E-state index is 0. The van der Waals surface area contributed by atoms with Gasteiger partial charge in [-0.3, -0.25) is 9.48 Å². The van der Waals surface area contributed by atoms with Gasteiger partial charge in [-0.25, -0.2) is 0 Å². The highest BCUT2D eigenvalue weighted by Crippen LogP contribution is 2.82. The van der Waals surface area contributed by atoms with Crippen LogP contribution >= 0.6 is 0 Å². The highest BCUT2D eigenvalue weighted by molar-refractivity contribution is 5.76. The molecule has 0 aliphatic heterocycles. The smallest absolute Gasteiger partial charge is 0.220 e. The Labute approximate surface area is 357 Å². The summed E-state index contributed by atoms with van der Waals surface area (Å²) in [6.07, 6.45) is 13.9. The van der Waals surface area contributed by atoms with Crippen molar-refractivity contribution in [3.63, 3.8) is 0 Å². The SMILES string of the molecule is C.C=C(O)CC(C)(C)CC(=C)OC1CC[C@@]2(C)C(CC[C@]3(C)C2(C)CC[C@@H]2C4[C@H](C(=C)C)CC[C@]4(CC(=O)NCc4cc(C)nn4C)CC[C@]23C)C1(C)C.CC.CC. The van der Waals surface area contributed by atoms with Gasteiger partial charge >= 0.3 is 0 Å². The maximum absolute atomic E-state index is 13.9. The molecule has 0 aromatic carbocycles. The molecule has 5 fully saturated rings. The highest BCUT2D eigenvalue weighted by Gasteiger charge is 2.75. The molecule has 1 heterocycles. The summed E-state index contributed by atoms with van der Waals surface area (Å²) in [4.78, 5) is 13.9. The Kier molecular flexibility index (Phi) is 15.3. The van der Waals surface area contributed by atoms with Crippen LogP contribution in [-0.2, 0) is 23.1 Å². The Morgan fingerprint density at radius 1 is 0.897 bits per heavy atom. The van der Waals surface area contributed by atoms with Gasteiger partial charge in [-0.2, -0.15) is 5.10 Å². The van der Waals surface area contributed by atoms with Gasteiger partial charge in [0.05, 0.1) is 29.5 Å². The van der Waals surface area contributed by atoms with E-state index in [-0.39, 0.29) is 63.1 Å². The van der Waals surface area contributed by atoms with Crippen molar-refractivity contribution < 1.29 is 14.6 Å². The molecule has 0 saturated heterocycles. The summed E-state index contributed by atoms with van der Waals surface area (Å²) in [5.41, 5.74) is 4.09. The van der Waals surface area contributed by atoms with E-state index in [1.807, 2.05) is 46.3 Å². The van der Waals surface area contributed by atoms with Crippen LogP contribution in [0.5, 0.6) is 0 Å². The van der Waals surface area contributed by atoms with Gasteiger partial charge in [-0.05, 0) is 140 Å². The van der Waals surface area contributed by atoms with Crippen LogP contribution in [0.2, 0.25) is 0 Å². The normalized spacial score (nSPS) is 37.0. The number of hydrogen-bond donors (Lipinski definition) is 2. The third-order valence-corrected chi connectivity index (χ3v) is 17.9. The fourth-order valence-corrected chi connectivity index (χ4v) is 15.0. The maximum atomic E-state index is 13.9. The molecule has 58 heavy (non-hydrogen) atoms. The fraction of sp³-hybridized carbons (Fsp3) is 0.808. The zero-order chi connectivity index (χ0) is 43.2. The summed E-state index contributed by atoms with van der Waals surface area (Å²) in [5, 5.41) is 17.7. The molecule has 1 aromatic heterocycles. The van der Waals surface area contributed by atoms with E-state index in [0.29, 0.717) is 43.1 Å². The molecular weight excluding hydrogens is 715 g/mol. The van der Waals surface area contributed by atoms with Gasteiger partial charge in [0.1, 0.15) is 6.10 Å². The average Bonchev–Trinajstić information content (AvgIpc) is 3.66. The number of aliphatic hydroxyl groups excluding tert-OH is 1. The van der Waals surface area contributed by atoms with Gasteiger partial charge in [0, 0.05) is 31.7 Å². The Morgan fingerprint density at radius 2 is 1.50 bits per heavy atom. The number of ether oxygens (including phenoxy) is 1. The summed E-state index contributed by atoms with van der Waals surface area (Å²) in [5.74, 6) is 3.43. The van der Waals surface area contributed by atoms with E-state index in [1.54, 1.807) is 0 Å². The van der Waals surface area contributed by atoms with E-state index in [9.17, 15) is 9.90 Å². The van der Waals surface area contributed by atoms with Crippen molar-refractivity contribution >= 4 is 5.91 Å². The molecule has 5 aliphatic carbocycles. The number of aryl methyl sites for hydroxylation is 2. The molecule has 1 aromatic rings. The van der Waals surface area contributed by atoms with E-state index < -0.39 is 0 Å². The summed E-state index contributed by atoms with van der Waals surface area (Å²) >= 11 is 0. The summed E-state index contributed by atoms with van der Waals surface area (Å²) in [6, 6.07) is 2.08. The van der Waals surface area contributed by atoms with Crippen molar-refractivity contribution in [3.05, 3.63) is 54.3 Å². The molecule has 4 unspecified atom stereocenters. The van der Waals surface area contributed by atoms with E-state index in [0.717, 1.165) is 42.8 Å². The second-order valence-corrected chi connectivity index (χ2v) is 21.6. The molecule has 5 saturated carbocycles. The van der Waals surface area contributed by atoms with Gasteiger partial charge in [-0.1, -0.05) is 116 Å². The summed E-state index contributed by atoms with van der Waals surface area (Å²) < 4.78 is 8.73. The standard InChI is InChI=1S/C47H75N3O3.2C2H6.CH4/c1-30(2)35-15-22-47(28-39(52)48-29-34-25-31(3)49-50(34)14)24-23-43(10)36(40(35)47)16-20-46(13)44(11)19-18-38(42(8,9)37(44)17-21-45(43,46)12)53-33(5)27-41(6,7)26-32(4)51;2*1-2;/h25,35-38,40,51H,1,4-5,15-24,26-29H2,2-3,6-14H3,(H,48,52);2*1-2H3;1H4/t35-,36+,37?,38?,40?,43+,44-,45-,46?,47+;;;/m0.../s1. The molecule has 5 aliphatic rings. The van der Waals surface area contributed by atoms with Crippen LogP contribution in [0.4, 0.5) is 0 Å². The van der Waals surface area contributed by atoms with Crippen molar-refractivity contribution in [3.8, 4) is 0 Å². The minimum Gasteiger partial charge on any atom is -0.513 e. The molecule has 0 radical (unpaired) electrons. The van der Waals surface area contributed by atoms with Crippen LogP contribution < -0.4 is 5.32 Å². The molecule has 0 bridgehead atoms. The molecule has 6 nitrogen and oxygen atoms in total. The number of aliphatic hydroxyl groups is 1. The summed E-state index contributed by atoms with van der Waals surface area (Å²) in [7, 11) is 1.96. The van der Waals surface area contributed by atoms with Gasteiger partial charge in [0.2, 0.25) is 5.91 Å². The van der Waals surface area contributed by atoms with Crippen molar-refractivity contribution in [2.45, 2.75) is 200 Å². The molecule has 332 valence electrons. The van der Waals surface area contributed by atoms with Crippen molar-refractivity contribution in [2.75, 3.05) is 0 Å². The van der Waals surface area contributed by atoms with Gasteiger partial charge < -0.3 is 15.2 Å². The number of fused-ring (bicyclic) bond motifs is 7. The Bertz CT molecular complexity index is 1640. The lowest BCUT2D eigenvalue weighted by atomic mass is 9.27. The lowest BCUT2D eigenvalue weighted by Crippen LogP contribution is -2.71. The predicted octanol–water partition coefficient (Wildman–Crippen LogP) is 14.2. The largest absolute Gasteiger partial charge is 0.513 e. The first kappa shape index (κ1) is 49.9. The van der Waals surface area contributed by atoms with Crippen molar-refractivity contribution in [2.24, 2.45) is 68.6 Å². The zero-order valence-electron chi connectivity index (χ0n) is 39.6. The van der Waals surface area contributed by atoms with Crippen LogP contribution in [-0.4, -0.2) is 26.9 Å². The van der Waals surface area contributed by atoms with Crippen LogP contribution in [0, 0.1) is 68.5 Å². The Morgan fingerprint density at radius 3 is 2.07 bits per heavy atom. The zero-order valence-corrected chi connectivity index (χ0v) is 39.6. The van der Waals surface area contributed by atoms with Crippen LogP contribution in [0.1, 0.15) is 192 Å². The highest BCUT2D eigenvalue weighted by atomic mass is 16.5. The number of rotatable bonds is 11. The quantitative estimate of drug-likeness (QED) is 0.172. The number of hydrogen-bond acceptors (Lipinski definition) is 4. The lowest BCUT2D eigenvalue weighted by Gasteiger charge is -2.77. The number of nitrogens with zero attached hydrogens (tertiary/aromatic N) is 2. The molecule has 2 N–H and O–H groups in total. The van der Waals surface area contributed by atoms with Crippen molar-refractivity contribution in [1.29, 1.82) is 0 Å². The molecule has 1 amide bonds. The van der Waals surface area contributed by atoms with Crippen LogP contribution in [0.3, 0.4) is 0 Å². The third-order valence-electron chi connectivity index (χ3n) is 17.9. The van der Waals surface area contributed by atoms with E-state index in [2.05, 4.69) is 98.5 Å². The topological polar surface area (TPSA) is 76.4 Å². The average molecular weight is 806 g/mol. The van der Waals surface area contributed by atoms with E-state index in [4.69, 9.17) is 4.74 Å². The van der Waals surface area contributed by atoms with Crippen LogP contribution in [0.25, 0.3) is 0 Å². The predicted molar refractivity (Wildman–Crippen MR) is 246 cm³/mol. The van der Waals surface area contributed by atoms with Crippen LogP contribution in [0.15, 0.2) is 42.9 Å². The van der Waals surface area contributed by atoms with Gasteiger partial charge in [0.25, 0.3) is 0 Å². The van der Waals surface area contributed by atoms with E-state index in [1.165, 1.54) is 50.5 Å². The molecule has 6 rings (SSSR count). The minimum atomic E-state index is -0.146. The number of allylic oxidation sites excluding steroid dienone is 3. The number of carbonyl (C=O) groups is 1. The molecule has 0 spiro atoms. The number of nitrogens with one attached hydrogen (secondary N) is 1. The fourth-order valence-electron chi connectivity index (χ4n) is 15.0. The molecular formula is C52H91N3O3. The first-order chi connectivity index (χ1) is 26.5. The lowest BCUT2D eigenvalue weighted by molar-refractivity contribution is -0.292. The first-order valence-corrected chi connectivity index (χ1v) is 23.1. The Balaban J connectivity index is 0.00000175. The summed E-state index contributed by atoms with van der Waals surface area (Å²) in [6.45, 7) is 45.6. The number of amides is 1. The monoisotopic (exact) mass is 806 g/mol. The third kappa shape index (κ3) is 8.27. The van der Waals surface area contributed by atoms with Gasteiger partial charge in [-0.15, -0.1) is 0 Å². The second kappa shape index (κ2) is 17.8. The molecule has 10 atom stereocenters. The van der Waals surface area contributed by atoms with E-state index >= 15 is 0 Å². The molecule has 6 heteroatoms. The first-order valence-electron chi connectivity index (χ1n) is 23.1. The number of aromatic nitrogens is 2.